The van der Waals surface area contributed by atoms with Gasteiger partial charge in [0.05, 0.1) is 12.5 Å². The summed E-state index contributed by atoms with van der Waals surface area (Å²) in [5.41, 5.74) is 2.78. The standard InChI is InChI=1S/C20H21N3O4/c1-13-8-17(6-7-23(13)20(25)26)27-19-9-15(11-22-12-21-10-18(19)22)14-2-4-16(24)5-3-14/h2-5,9-13,17,24H,6-8H2,1H3,(H,25,26)/t13-,17-/m1/s1. The molecule has 1 aromatic carbocycles. The highest BCUT2D eigenvalue weighted by molar-refractivity contribution is 5.71. The van der Waals surface area contributed by atoms with Crippen LogP contribution in [-0.4, -0.2) is 49.3 Å². The Labute approximate surface area is 156 Å². The largest absolute Gasteiger partial charge is 0.508 e. The lowest BCUT2D eigenvalue weighted by molar-refractivity contribution is 0.0610. The Balaban J connectivity index is 1.62. The summed E-state index contributed by atoms with van der Waals surface area (Å²) in [5.74, 6) is 0.942. The van der Waals surface area contributed by atoms with Crippen LogP contribution in [0.4, 0.5) is 4.79 Å². The minimum atomic E-state index is -0.881. The molecule has 3 heterocycles. The van der Waals surface area contributed by atoms with E-state index in [1.165, 1.54) is 4.90 Å². The number of phenols is 1. The van der Waals surface area contributed by atoms with Crippen LogP contribution in [0.15, 0.2) is 49.1 Å². The second-order valence-corrected chi connectivity index (χ2v) is 6.92. The van der Waals surface area contributed by atoms with Gasteiger partial charge in [0.1, 0.15) is 23.1 Å². The molecule has 7 heteroatoms. The number of rotatable bonds is 3. The lowest BCUT2D eigenvalue weighted by Gasteiger charge is -2.35. The van der Waals surface area contributed by atoms with Gasteiger partial charge in [-0.15, -0.1) is 0 Å². The fraction of sp³-hybridized carbons (Fsp3) is 0.300. The Bertz CT molecular complexity index is 967. The molecule has 1 amide bonds. The van der Waals surface area contributed by atoms with Crippen LogP contribution in [0.1, 0.15) is 19.8 Å². The van der Waals surface area contributed by atoms with Gasteiger partial charge in [0.2, 0.25) is 0 Å². The number of piperidine rings is 1. The first-order valence-electron chi connectivity index (χ1n) is 8.92. The summed E-state index contributed by atoms with van der Waals surface area (Å²) in [6, 6.07) is 8.89. The van der Waals surface area contributed by atoms with Crippen LogP contribution in [0.3, 0.4) is 0 Å². The van der Waals surface area contributed by atoms with E-state index in [-0.39, 0.29) is 17.9 Å². The van der Waals surface area contributed by atoms with Gasteiger partial charge >= 0.3 is 6.09 Å². The fourth-order valence-electron chi connectivity index (χ4n) is 3.61. The molecule has 1 aliphatic heterocycles. The minimum absolute atomic E-state index is 0.0515. The van der Waals surface area contributed by atoms with E-state index < -0.39 is 6.09 Å². The number of aromatic hydroxyl groups is 1. The Morgan fingerprint density at radius 1 is 1.26 bits per heavy atom. The number of imidazole rings is 1. The number of benzene rings is 1. The molecular weight excluding hydrogens is 346 g/mol. The summed E-state index contributed by atoms with van der Waals surface area (Å²) >= 11 is 0. The number of amides is 1. The fourth-order valence-corrected chi connectivity index (χ4v) is 3.61. The number of aromatic nitrogens is 2. The molecule has 27 heavy (non-hydrogen) atoms. The van der Waals surface area contributed by atoms with Crippen LogP contribution in [0.2, 0.25) is 0 Å². The number of carbonyl (C=O) groups is 1. The molecule has 1 saturated heterocycles. The lowest BCUT2D eigenvalue weighted by atomic mass is 10.0. The van der Waals surface area contributed by atoms with Crippen molar-refractivity contribution in [3.8, 4) is 22.6 Å². The van der Waals surface area contributed by atoms with Crippen molar-refractivity contribution in [3.05, 3.63) is 49.1 Å². The molecule has 7 nitrogen and oxygen atoms in total. The summed E-state index contributed by atoms with van der Waals surface area (Å²) in [4.78, 5) is 16.9. The topological polar surface area (TPSA) is 87.3 Å². The van der Waals surface area contributed by atoms with Gasteiger partial charge < -0.3 is 24.3 Å². The highest BCUT2D eigenvalue weighted by Gasteiger charge is 2.30. The SMILES string of the molecule is C[C@@H]1C[C@H](Oc2cc(-c3ccc(O)cc3)cn3cncc23)CCN1C(=O)O. The van der Waals surface area contributed by atoms with E-state index in [1.807, 2.05) is 35.7 Å². The van der Waals surface area contributed by atoms with Crippen LogP contribution in [-0.2, 0) is 0 Å². The molecule has 0 saturated carbocycles. The Morgan fingerprint density at radius 2 is 2.04 bits per heavy atom. The minimum Gasteiger partial charge on any atom is -0.508 e. The maximum Gasteiger partial charge on any atom is 0.407 e. The molecule has 2 N–H and O–H groups in total. The Hall–Kier alpha value is -3.22. The van der Waals surface area contributed by atoms with Gasteiger partial charge in [-0.1, -0.05) is 12.1 Å². The highest BCUT2D eigenvalue weighted by atomic mass is 16.5. The number of carboxylic acid groups (broad SMARTS) is 1. The van der Waals surface area contributed by atoms with Crippen LogP contribution in [0.5, 0.6) is 11.5 Å². The normalized spacial score (nSPS) is 20.0. The van der Waals surface area contributed by atoms with Crippen molar-refractivity contribution in [2.75, 3.05) is 6.54 Å². The van der Waals surface area contributed by atoms with E-state index in [2.05, 4.69) is 4.98 Å². The third-order valence-corrected chi connectivity index (χ3v) is 5.05. The summed E-state index contributed by atoms with van der Waals surface area (Å²) in [5, 5.41) is 18.7. The molecule has 0 unspecified atom stereocenters. The lowest BCUT2D eigenvalue weighted by Crippen LogP contribution is -2.46. The predicted molar refractivity (Wildman–Crippen MR) is 100 cm³/mol. The van der Waals surface area contributed by atoms with Crippen molar-refractivity contribution in [1.82, 2.24) is 14.3 Å². The quantitative estimate of drug-likeness (QED) is 0.738. The number of hydrogen-bond donors (Lipinski definition) is 2. The molecule has 2 aromatic heterocycles. The number of pyridine rings is 1. The third-order valence-electron chi connectivity index (χ3n) is 5.05. The van der Waals surface area contributed by atoms with Gasteiger partial charge in [0.15, 0.2) is 0 Å². The van der Waals surface area contributed by atoms with E-state index in [1.54, 1.807) is 24.7 Å². The average Bonchev–Trinajstić information content (AvgIpc) is 3.11. The van der Waals surface area contributed by atoms with Gasteiger partial charge in [0, 0.05) is 37.2 Å². The first-order chi connectivity index (χ1) is 13.0. The molecule has 0 radical (unpaired) electrons. The number of nitrogens with zero attached hydrogens (tertiary/aromatic N) is 3. The monoisotopic (exact) mass is 367 g/mol. The zero-order valence-corrected chi connectivity index (χ0v) is 14.9. The Kier molecular flexibility index (Phi) is 4.35. The van der Waals surface area contributed by atoms with Gasteiger partial charge in [-0.05, 0) is 30.7 Å². The predicted octanol–water partition coefficient (Wildman–Crippen LogP) is 3.62. The van der Waals surface area contributed by atoms with E-state index in [9.17, 15) is 15.0 Å². The summed E-state index contributed by atoms with van der Waals surface area (Å²) < 4.78 is 8.19. The molecule has 2 atom stereocenters. The highest BCUT2D eigenvalue weighted by Crippen LogP contribution is 2.31. The summed E-state index contributed by atoms with van der Waals surface area (Å²) in [7, 11) is 0. The second-order valence-electron chi connectivity index (χ2n) is 6.92. The van der Waals surface area contributed by atoms with E-state index in [0.29, 0.717) is 19.4 Å². The molecule has 1 fully saturated rings. The molecule has 4 rings (SSSR count). The van der Waals surface area contributed by atoms with Gasteiger partial charge in [-0.3, -0.25) is 0 Å². The maximum atomic E-state index is 11.3. The molecular formula is C20H21N3O4. The number of fused-ring (bicyclic) bond motifs is 1. The van der Waals surface area contributed by atoms with E-state index in [0.717, 1.165) is 22.4 Å². The number of ether oxygens (including phenoxy) is 1. The molecule has 0 bridgehead atoms. The maximum absolute atomic E-state index is 11.3. The van der Waals surface area contributed by atoms with Crippen molar-refractivity contribution in [2.45, 2.75) is 31.9 Å². The molecule has 140 valence electrons. The van der Waals surface area contributed by atoms with Crippen molar-refractivity contribution in [2.24, 2.45) is 0 Å². The van der Waals surface area contributed by atoms with Crippen molar-refractivity contribution < 1.29 is 19.7 Å². The van der Waals surface area contributed by atoms with Crippen molar-refractivity contribution >= 4 is 11.6 Å². The average molecular weight is 367 g/mol. The first-order valence-corrected chi connectivity index (χ1v) is 8.92. The van der Waals surface area contributed by atoms with Gasteiger partial charge in [-0.25, -0.2) is 9.78 Å². The summed E-state index contributed by atoms with van der Waals surface area (Å²) in [6.07, 6.45) is 5.82. The van der Waals surface area contributed by atoms with Crippen LogP contribution in [0, 0.1) is 0 Å². The number of phenolic OH excluding ortho intramolecular Hbond substituents is 1. The van der Waals surface area contributed by atoms with Crippen molar-refractivity contribution in [3.63, 3.8) is 0 Å². The first kappa shape index (κ1) is 17.2. The van der Waals surface area contributed by atoms with Gasteiger partial charge in [-0.2, -0.15) is 0 Å². The molecule has 0 spiro atoms. The zero-order chi connectivity index (χ0) is 19.0. The second kappa shape index (κ2) is 6.83. The molecule has 3 aromatic rings. The van der Waals surface area contributed by atoms with Crippen LogP contribution in [0.25, 0.3) is 16.6 Å². The van der Waals surface area contributed by atoms with Gasteiger partial charge in [0.25, 0.3) is 0 Å². The van der Waals surface area contributed by atoms with Crippen molar-refractivity contribution in [1.29, 1.82) is 0 Å². The zero-order valence-electron chi connectivity index (χ0n) is 14.9. The summed E-state index contributed by atoms with van der Waals surface area (Å²) in [6.45, 7) is 2.37. The van der Waals surface area contributed by atoms with E-state index in [4.69, 9.17) is 4.74 Å². The molecule has 0 aliphatic carbocycles. The smallest absolute Gasteiger partial charge is 0.407 e. The van der Waals surface area contributed by atoms with Crippen LogP contribution < -0.4 is 4.74 Å². The third kappa shape index (κ3) is 3.40. The number of likely N-dealkylation sites (tertiary alicyclic amines) is 1. The van der Waals surface area contributed by atoms with Crippen LogP contribution >= 0.6 is 0 Å². The Morgan fingerprint density at radius 3 is 2.74 bits per heavy atom. The number of hydrogen-bond acceptors (Lipinski definition) is 4. The molecule has 1 aliphatic rings. The van der Waals surface area contributed by atoms with E-state index >= 15 is 0 Å².